The summed E-state index contributed by atoms with van der Waals surface area (Å²) < 4.78 is 5.36. The van der Waals surface area contributed by atoms with Gasteiger partial charge < -0.3 is 20.3 Å². The van der Waals surface area contributed by atoms with Crippen LogP contribution in [0.3, 0.4) is 0 Å². The number of ether oxygens (including phenoxy) is 1. The zero-order valence-corrected chi connectivity index (χ0v) is 16.7. The summed E-state index contributed by atoms with van der Waals surface area (Å²) in [5, 5.41) is 0. The number of rotatable bonds is 3. The number of amides is 2. The van der Waals surface area contributed by atoms with Gasteiger partial charge in [-0.3, -0.25) is 9.59 Å². The lowest BCUT2D eigenvalue weighted by Gasteiger charge is -2.31. The molecule has 2 saturated heterocycles. The predicted molar refractivity (Wildman–Crippen MR) is 107 cm³/mol. The molecule has 3 rings (SSSR count). The lowest BCUT2D eigenvalue weighted by molar-refractivity contribution is -0.134. The van der Waals surface area contributed by atoms with E-state index >= 15 is 0 Å². The first-order chi connectivity index (χ1) is 12.6. The predicted octanol–water partition coefficient (Wildman–Crippen LogP) is 1.85. The summed E-state index contributed by atoms with van der Waals surface area (Å²) in [6, 6.07) is 7.19. The van der Waals surface area contributed by atoms with Gasteiger partial charge in [0.2, 0.25) is 5.91 Å². The number of carbonyl (C=O) groups excluding carboxylic acids is 2. The molecule has 0 spiro atoms. The largest absolute Gasteiger partial charge is 0.381 e. The minimum atomic E-state index is -0.460. The highest BCUT2D eigenvalue weighted by molar-refractivity contribution is 5.94. The van der Waals surface area contributed by atoms with Gasteiger partial charge in [0.15, 0.2) is 0 Å². The molecule has 0 aliphatic carbocycles. The van der Waals surface area contributed by atoms with Crippen molar-refractivity contribution in [2.24, 2.45) is 11.7 Å². The van der Waals surface area contributed by atoms with E-state index in [0.29, 0.717) is 45.0 Å². The molecule has 27 heavy (non-hydrogen) atoms. The van der Waals surface area contributed by atoms with Gasteiger partial charge in [-0.1, -0.05) is 17.7 Å². The molecule has 1 aromatic carbocycles. The number of hydrogen-bond acceptors (Lipinski definition) is 4. The molecule has 150 valence electrons. The second-order valence-corrected chi connectivity index (χ2v) is 7.32. The lowest BCUT2D eigenvalue weighted by Crippen LogP contribution is -2.50. The Hall–Kier alpha value is -1.63. The van der Waals surface area contributed by atoms with E-state index in [9.17, 15) is 9.59 Å². The summed E-state index contributed by atoms with van der Waals surface area (Å²) >= 11 is 0. The molecule has 2 aliphatic rings. The van der Waals surface area contributed by atoms with Gasteiger partial charge in [-0.05, 0) is 44.2 Å². The smallest absolute Gasteiger partial charge is 0.253 e. The van der Waals surface area contributed by atoms with Crippen molar-refractivity contribution in [3.05, 3.63) is 35.4 Å². The topological polar surface area (TPSA) is 75.9 Å². The van der Waals surface area contributed by atoms with Crippen LogP contribution in [0.25, 0.3) is 0 Å². The molecule has 2 heterocycles. The lowest BCUT2D eigenvalue weighted by atomic mass is 9.91. The van der Waals surface area contributed by atoms with Crippen LogP contribution in [0.15, 0.2) is 24.3 Å². The van der Waals surface area contributed by atoms with Crippen LogP contribution in [0.1, 0.15) is 35.2 Å². The third-order valence-corrected chi connectivity index (χ3v) is 5.42. The highest BCUT2D eigenvalue weighted by Gasteiger charge is 2.31. The molecule has 7 heteroatoms. The molecule has 1 aromatic rings. The van der Waals surface area contributed by atoms with Gasteiger partial charge in [-0.25, -0.2) is 0 Å². The van der Waals surface area contributed by atoms with Gasteiger partial charge in [0, 0.05) is 45.0 Å². The molecule has 1 atom stereocenters. The Labute approximate surface area is 167 Å². The van der Waals surface area contributed by atoms with Crippen molar-refractivity contribution in [2.75, 3.05) is 39.4 Å². The first-order valence-corrected chi connectivity index (χ1v) is 9.54. The molecule has 2 N–H and O–H groups in total. The van der Waals surface area contributed by atoms with Gasteiger partial charge in [-0.15, -0.1) is 12.4 Å². The molecule has 0 bridgehead atoms. The van der Waals surface area contributed by atoms with Crippen molar-refractivity contribution in [3.8, 4) is 0 Å². The maximum absolute atomic E-state index is 12.8. The quantitative estimate of drug-likeness (QED) is 0.847. The first-order valence-electron chi connectivity index (χ1n) is 9.54. The first kappa shape index (κ1) is 21.7. The maximum Gasteiger partial charge on any atom is 0.253 e. The van der Waals surface area contributed by atoms with Gasteiger partial charge in [0.05, 0.1) is 6.04 Å². The molecule has 2 fully saturated rings. The van der Waals surface area contributed by atoms with Crippen LogP contribution >= 0.6 is 12.4 Å². The fourth-order valence-electron chi connectivity index (χ4n) is 3.79. The van der Waals surface area contributed by atoms with E-state index < -0.39 is 6.04 Å². The molecule has 0 radical (unpaired) electrons. The third kappa shape index (κ3) is 5.43. The third-order valence-electron chi connectivity index (χ3n) is 5.42. The van der Waals surface area contributed by atoms with E-state index in [1.54, 1.807) is 0 Å². The zero-order chi connectivity index (χ0) is 18.5. The Bertz CT molecular complexity index is 649. The zero-order valence-electron chi connectivity index (χ0n) is 15.9. The van der Waals surface area contributed by atoms with Crippen LogP contribution in [0.2, 0.25) is 0 Å². The fraction of sp³-hybridized carbons (Fsp3) is 0.600. The number of benzene rings is 1. The van der Waals surface area contributed by atoms with Crippen LogP contribution in [0.5, 0.6) is 0 Å². The van der Waals surface area contributed by atoms with Crippen molar-refractivity contribution in [3.63, 3.8) is 0 Å². The minimum absolute atomic E-state index is 0. The van der Waals surface area contributed by atoms with Gasteiger partial charge in [-0.2, -0.15) is 0 Å². The fourth-order valence-corrected chi connectivity index (χ4v) is 3.79. The van der Waals surface area contributed by atoms with Crippen LogP contribution in [-0.4, -0.2) is 67.0 Å². The van der Waals surface area contributed by atoms with Crippen LogP contribution in [0.4, 0.5) is 0 Å². The second kappa shape index (κ2) is 10.1. The molecule has 0 aromatic heterocycles. The van der Waals surface area contributed by atoms with E-state index in [1.807, 2.05) is 41.0 Å². The van der Waals surface area contributed by atoms with E-state index in [1.165, 1.54) is 0 Å². The van der Waals surface area contributed by atoms with E-state index in [-0.39, 0.29) is 30.1 Å². The van der Waals surface area contributed by atoms with E-state index in [2.05, 4.69) is 0 Å². The average Bonchev–Trinajstić information content (AvgIpc) is 2.93. The number of nitrogens with zero attached hydrogens (tertiary/aromatic N) is 2. The van der Waals surface area contributed by atoms with Crippen molar-refractivity contribution < 1.29 is 14.3 Å². The van der Waals surface area contributed by atoms with Gasteiger partial charge in [0.1, 0.15) is 0 Å². The Balaban J connectivity index is 0.00000261. The number of carbonyl (C=O) groups is 2. The summed E-state index contributed by atoms with van der Waals surface area (Å²) in [7, 11) is 0. The summed E-state index contributed by atoms with van der Waals surface area (Å²) in [6.45, 7) is 5.79. The highest BCUT2D eigenvalue weighted by Crippen LogP contribution is 2.20. The Morgan fingerprint density at radius 3 is 2.48 bits per heavy atom. The Morgan fingerprint density at radius 1 is 1.11 bits per heavy atom. The summed E-state index contributed by atoms with van der Waals surface area (Å²) in [6.07, 6.45) is 2.47. The highest BCUT2D eigenvalue weighted by atomic mass is 35.5. The van der Waals surface area contributed by atoms with Crippen LogP contribution in [-0.2, 0) is 9.53 Å². The molecule has 2 aliphatic heterocycles. The van der Waals surface area contributed by atoms with Crippen molar-refractivity contribution in [1.82, 2.24) is 9.80 Å². The number of nitrogens with two attached hydrogens (primary N) is 1. The summed E-state index contributed by atoms with van der Waals surface area (Å²) in [5.74, 6) is 0.253. The molecular formula is C20H30ClN3O3. The summed E-state index contributed by atoms with van der Waals surface area (Å²) in [5.41, 5.74) is 8.03. The Kier molecular flexibility index (Phi) is 8.07. The molecule has 2 amide bonds. The standard InChI is InChI=1S/C20H29N3O3.ClH/c1-15-4-2-5-17(14-15)19(24)22-8-3-9-23(11-10-22)20(25)18(21)16-6-12-26-13-7-16;/h2,4-5,14,16,18H,3,6-13,21H2,1H3;1H. The number of halogens is 1. The van der Waals surface area contributed by atoms with Crippen LogP contribution < -0.4 is 5.73 Å². The van der Waals surface area contributed by atoms with Crippen LogP contribution in [0, 0.1) is 12.8 Å². The normalized spacial score (nSPS) is 19.8. The van der Waals surface area contributed by atoms with E-state index in [0.717, 1.165) is 24.8 Å². The monoisotopic (exact) mass is 395 g/mol. The van der Waals surface area contributed by atoms with Gasteiger partial charge in [0.25, 0.3) is 5.91 Å². The summed E-state index contributed by atoms with van der Waals surface area (Å²) in [4.78, 5) is 29.2. The van der Waals surface area contributed by atoms with Crippen molar-refractivity contribution in [2.45, 2.75) is 32.2 Å². The van der Waals surface area contributed by atoms with Gasteiger partial charge >= 0.3 is 0 Å². The second-order valence-electron chi connectivity index (χ2n) is 7.32. The Morgan fingerprint density at radius 2 is 1.78 bits per heavy atom. The number of aryl methyl sites for hydroxylation is 1. The maximum atomic E-state index is 12.8. The SMILES string of the molecule is Cc1cccc(C(=O)N2CCCN(C(=O)C(N)C3CCOCC3)CC2)c1.Cl. The molecule has 6 nitrogen and oxygen atoms in total. The van der Waals surface area contributed by atoms with Crippen molar-refractivity contribution >= 4 is 24.2 Å². The minimum Gasteiger partial charge on any atom is -0.381 e. The average molecular weight is 396 g/mol. The van der Waals surface area contributed by atoms with E-state index in [4.69, 9.17) is 10.5 Å². The van der Waals surface area contributed by atoms with Crippen molar-refractivity contribution in [1.29, 1.82) is 0 Å². The molecule has 1 unspecified atom stereocenters. The molecular weight excluding hydrogens is 366 g/mol. The number of hydrogen-bond donors (Lipinski definition) is 1. The molecule has 0 saturated carbocycles.